The summed E-state index contributed by atoms with van der Waals surface area (Å²) in [6.45, 7) is 7.80. The van der Waals surface area contributed by atoms with Crippen molar-refractivity contribution in [1.29, 1.82) is 0 Å². The number of rotatable bonds is 8. The molecule has 1 aromatic heterocycles. The molecular weight excluding hydrogens is 440 g/mol. The van der Waals surface area contributed by atoms with Gasteiger partial charge in [0.15, 0.2) is 9.84 Å². The Morgan fingerprint density at radius 1 is 1.09 bits per heavy atom. The Labute approximate surface area is 195 Å². The first-order valence-corrected chi connectivity index (χ1v) is 12.7. The number of piperazine rings is 1. The third kappa shape index (κ3) is 5.61. The number of hydrogen-bond donors (Lipinski definition) is 0. The molecule has 0 saturated carbocycles. The summed E-state index contributed by atoms with van der Waals surface area (Å²) in [7, 11) is -1.83. The summed E-state index contributed by atoms with van der Waals surface area (Å²) in [5, 5.41) is 4.15. The standard InChI is InChI=1S/C24H30N4O4S/c1-18-7-9-20(10-8-18)23-25-24(32-26-23)19(2)28-13-11-27(12-14-28)15-16-33(29,30)22-6-4-5-21(17-22)31-3/h4-10,17,19H,11-16H2,1-3H3. The summed E-state index contributed by atoms with van der Waals surface area (Å²) in [5.41, 5.74) is 2.12. The molecule has 33 heavy (non-hydrogen) atoms. The van der Waals surface area contributed by atoms with E-state index in [0.717, 1.165) is 31.7 Å². The molecule has 8 nitrogen and oxygen atoms in total. The SMILES string of the molecule is COc1cccc(S(=O)(=O)CCN2CCN(C(C)c3nc(-c4ccc(C)cc4)no3)CC2)c1. The molecule has 1 atom stereocenters. The number of methoxy groups -OCH3 is 1. The second-order valence-corrected chi connectivity index (χ2v) is 10.5. The number of aryl methyl sites for hydroxylation is 1. The molecule has 0 spiro atoms. The third-order valence-electron chi connectivity index (χ3n) is 6.14. The highest BCUT2D eigenvalue weighted by atomic mass is 32.2. The largest absolute Gasteiger partial charge is 0.497 e. The van der Waals surface area contributed by atoms with Crippen LogP contribution in [0, 0.1) is 6.92 Å². The van der Waals surface area contributed by atoms with Crippen LogP contribution in [-0.2, 0) is 9.84 Å². The number of benzene rings is 2. The zero-order valence-electron chi connectivity index (χ0n) is 19.3. The van der Waals surface area contributed by atoms with Crippen molar-refractivity contribution in [2.75, 3.05) is 45.6 Å². The minimum absolute atomic E-state index is 0.000588. The highest BCUT2D eigenvalue weighted by Gasteiger charge is 2.27. The van der Waals surface area contributed by atoms with Gasteiger partial charge in [-0.15, -0.1) is 0 Å². The van der Waals surface area contributed by atoms with Crippen LogP contribution >= 0.6 is 0 Å². The Balaban J connectivity index is 1.30. The highest BCUT2D eigenvalue weighted by Crippen LogP contribution is 2.24. The van der Waals surface area contributed by atoms with Gasteiger partial charge in [0.05, 0.1) is 23.8 Å². The van der Waals surface area contributed by atoms with Gasteiger partial charge in [-0.2, -0.15) is 4.98 Å². The monoisotopic (exact) mass is 470 g/mol. The van der Waals surface area contributed by atoms with Crippen molar-refractivity contribution in [2.24, 2.45) is 0 Å². The molecule has 1 aliphatic heterocycles. The molecule has 2 aromatic carbocycles. The molecule has 1 unspecified atom stereocenters. The molecule has 1 saturated heterocycles. The van der Waals surface area contributed by atoms with Gasteiger partial charge < -0.3 is 9.26 Å². The maximum absolute atomic E-state index is 12.7. The normalized spacial score (nSPS) is 16.6. The molecular formula is C24H30N4O4S. The molecule has 0 N–H and O–H groups in total. The lowest BCUT2D eigenvalue weighted by Gasteiger charge is -2.36. The topological polar surface area (TPSA) is 88.8 Å². The zero-order chi connectivity index (χ0) is 23.4. The first-order valence-electron chi connectivity index (χ1n) is 11.1. The molecule has 9 heteroatoms. The van der Waals surface area contributed by atoms with Crippen LogP contribution in [0.1, 0.15) is 24.4 Å². The summed E-state index contributed by atoms with van der Waals surface area (Å²) in [6.07, 6.45) is 0. The minimum Gasteiger partial charge on any atom is -0.497 e. The second-order valence-electron chi connectivity index (χ2n) is 8.37. The molecule has 1 fully saturated rings. The lowest BCUT2D eigenvalue weighted by Crippen LogP contribution is -2.48. The van der Waals surface area contributed by atoms with Crippen LogP contribution in [0.2, 0.25) is 0 Å². The smallest absolute Gasteiger partial charge is 0.244 e. The van der Waals surface area contributed by atoms with Gasteiger partial charge in [-0.1, -0.05) is 41.1 Å². The number of hydrogen-bond acceptors (Lipinski definition) is 8. The van der Waals surface area contributed by atoms with E-state index in [1.165, 1.54) is 12.7 Å². The van der Waals surface area contributed by atoms with Crippen LogP contribution in [0.3, 0.4) is 0 Å². The van der Waals surface area contributed by atoms with Crippen LogP contribution in [0.25, 0.3) is 11.4 Å². The van der Waals surface area contributed by atoms with Crippen LogP contribution in [0.5, 0.6) is 5.75 Å². The molecule has 0 aliphatic carbocycles. The van der Waals surface area contributed by atoms with E-state index in [9.17, 15) is 8.42 Å². The fraction of sp³-hybridized carbons (Fsp3) is 0.417. The molecule has 0 bridgehead atoms. The van der Waals surface area contributed by atoms with E-state index in [0.29, 0.717) is 28.9 Å². The van der Waals surface area contributed by atoms with Gasteiger partial charge >= 0.3 is 0 Å². The third-order valence-corrected chi connectivity index (χ3v) is 7.83. The van der Waals surface area contributed by atoms with E-state index in [2.05, 4.69) is 26.9 Å². The van der Waals surface area contributed by atoms with E-state index in [1.807, 2.05) is 31.2 Å². The fourth-order valence-corrected chi connectivity index (χ4v) is 5.23. The van der Waals surface area contributed by atoms with Crippen LogP contribution in [-0.4, -0.2) is 73.9 Å². The summed E-state index contributed by atoms with van der Waals surface area (Å²) < 4.78 is 36.1. The summed E-state index contributed by atoms with van der Waals surface area (Å²) in [5.74, 6) is 1.82. The van der Waals surface area contributed by atoms with Crippen molar-refractivity contribution < 1.29 is 17.7 Å². The fourth-order valence-electron chi connectivity index (χ4n) is 3.92. The van der Waals surface area contributed by atoms with E-state index < -0.39 is 9.84 Å². The maximum atomic E-state index is 12.7. The average Bonchev–Trinajstić information content (AvgIpc) is 3.33. The molecule has 0 amide bonds. The maximum Gasteiger partial charge on any atom is 0.244 e. The predicted molar refractivity (Wildman–Crippen MR) is 126 cm³/mol. The molecule has 4 rings (SSSR count). The second kappa shape index (κ2) is 10.0. The number of ether oxygens (including phenoxy) is 1. The summed E-state index contributed by atoms with van der Waals surface area (Å²) in [4.78, 5) is 9.38. The minimum atomic E-state index is -3.36. The van der Waals surface area contributed by atoms with Gasteiger partial charge in [0.1, 0.15) is 5.75 Å². The van der Waals surface area contributed by atoms with Crippen molar-refractivity contribution in [1.82, 2.24) is 19.9 Å². The number of sulfone groups is 1. The lowest BCUT2D eigenvalue weighted by molar-refractivity contribution is 0.0917. The van der Waals surface area contributed by atoms with Gasteiger partial charge in [-0.05, 0) is 32.0 Å². The molecule has 0 radical (unpaired) electrons. The first-order chi connectivity index (χ1) is 15.9. The number of aromatic nitrogens is 2. The Kier molecular flexibility index (Phi) is 7.11. The predicted octanol–water partition coefficient (Wildman–Crippen LogP) is 3.21. The first kappa shape index (κ1) is 23.4. The van der Waals surface area contributed by atoms with Gasteiger partial charge in [-0.3, -0.25) is 9.80 Å². The Morgan fingerprint density at radius 2 is 1.82 bits per heavy atom. The van der Waals surface area contributed by atoms with Gasteiger partial charge in [0.2, 0.25) is 11.7 Å². The Bertz CT molecular complexity index is 1170. The number of nitrogens with zero attached hydrogens (tertiary/aromatic N) is 4. The van der Waals surface area contributed by atoms with Gasteiger partial charge in [0.25, 0.3) is 0 Å². The van der Waals surface area contributed by atoms with Crippen LogP contribution in [0.4, 0.5) is 0 Å². The van der Waals surface area contributed by atoms with E-state index >= 15 is 0 Å². The van der Waals surface area contributed by atoms with Crippen molar-refractivity contribution in [3.63, 3.8) is 0 Å². The quantitative estimate of drug-likeness (QED) is 0.496. The molecule has 2 heterocycles. The van der Waals surface area contributed by atoms with E-state index in [-0.39, 0.29) is 11.8 Å². The highest BCUT2D eigenvalue weighted by molar-refractivity contribution is 7.91. The summed E-state index contributed by atoms with van der Waals surface area (Å²) >= 11 is 0. The average molecular weight is 471 g/mol. The molecule has 3 aromatic rings. The van der Waals surface area contributed by atoms with Crippen LogP contribution in [0.15, 0.2) is 57.9 Å². The van der Waals surface area contributed by atoms with Gasteiger partial charge in [-0.25, -0.2) is 8.42 Å². The molecule has 1 aliphatic rings. The Hall–Kier alpha value is -2.75. The van der Waals surface area contributed by atoms with Crippen LogP contribution < -0.4 is 4.74 Å². The van der Waals surface area contributed by atoms with Crippen molar-refractivity contribution in [3.8, 4) is 17.1 Å². The Morgan fingerprint density at radius 3 is 2.52 bits per heavy atom. The van der Waals surface area contributed by atoms with Crippen molar-refractivity contribution in [3.05, 3.63) is 60.0 Å². The lowest BCUT2D eigenvalue weighted by atomic mass is 10.1. The molecule has 176 valence electrons. The van der Waals surface area contributed by atoms with Crippen molar-refractivity contribution >= 4 is 9.84 Å². The van der Waals surface area contributed by atoms with Crippen molar-refractivity contribution in [2.45, 2.75) is 24.8 Å². The van der Waals surface area contributed by atoms with E-state index in [1.54, 1.807) is 24.3 Å². The summed E-state index contributed by atoms with van der Waals surface area (Å²) in [6, 6.07) is 14.7. The zero-order valence-corrected chi connectivity index (χ0v) is 20.1. The van der Waals surface area contributed by atoms with Gasteiger partial charge in [0, 0.05) is 38.3 Å². The van der Waals surface area contributed by atoms with E-state index in [4.69, 9.17) is 9.26 Å².